The first kappa shape index (κ1) is 13.9. The van der Waals surface area contributed by atoms with Crippen molar-refractivity contribution >= 4 is 17.6 Å². The van der Waals surface area contributed by atoms with E-state index >= 15 is 0 Å². The standard InChI is InChI=1S/C15H17FN2O3/c16-10-2-1-3-12(14(10)15(20)21)18-7-6-11-9(8-18)4-5-13(19)17-11/h1-3,9,11H,4-8H2,(H,17,19)(H,20,21). The molecule has 2 aliphatic heterocycles. The van der Waals surface area contributed by atoms with Gasteiger partial charge in [-0.25, -0.2) is 9.18 Å². The van der Waals surface area contributed by atoms with E-state index in [-0.39, 0.29) is 17.5 Å². The van der Waals surface area contributed by atoms with E-state index in [9.17, 15) is 19.1 Å². The van der Waals surface area contributed by atoms with Crippen molar-refractivity contribution in [3.8, 4) is 0 Å². The van der Waals surface area contributed by atoms with Crippen LogP contribution in [-0.2, 0) is 4.79 Å². The highest BCUT2D eigenvalue weighted by molar-refractivity contribution is 5.94. The highest BCUT2D eigenvalue weighted by Crippen LogP contribution is 2.31. The van der Waals surface area contributed by atoms with E-state index < -0.39 is 11.8 Å². The van der Waals surface area contributed by atoms with Gasteiger partial charge in [0, 0.05) is 25.6 Å². The van der Waals surface area contributed by atoms with Crippen molar-refractivity contribution in [1.29, 1.82) is 0 Å². The maximum atomic E-state index is 13.8. The third kappa shape index (κ3) is 2.57. The SMILES string of the molecule is O=C1CCC2CN(c3cccc(F)c3C(=O)O)CCC2N1. The lowest BCUT2D eigenvalue weighted by atomic mass is 9.85. The topological polar surface area (TPSA) is 69.6 Å². The van der Waals surface area contributed by atoms with Crippen LogP contribution in [-0.4, -0.2) is 36.1 Å². The van der Waals surface area contributed by atoms with Crippen molar-refractivity contribution in [2.75, 3.05) is 18.0 Å². The number of carboxylic acids is 1. The number of fused-ring (bicyclic) bond motifs is 1. The number of piperidine rings is 2. The Kier molecular flexibility index (Phi) is 3.53. The summed E-state index contributed by atoms with van der Waals surface area (Å²) in [7, 11) is 0. The van der Waals surface area contributed by atoms with Crippen LogP contribution in [0.15, 0.2) is 18.2 Å². The van der Waals surface area contributed by atoms with E-state index in [1.807, 2.05) is 4.90 Å². The number of nitrogens with zero attached hydrogens (tertiary/aromatic N) is 1. The van der Waals surface area contributed by atoms with Gasteiger partial charge >= 0.3 is 5.97 Å². The summed E-state index contributed by atoms with van der Waals surface area (Å²) >= 11 is 0. The van der Waals surface area contributed by atoms with Crippen molar-refractivity contribution in [2.24, 2.45) is 5.92 Å². The molecule has 0 saturated carbocycles. The van der Waals surface area contributed by atoms with Crippen molar-refractivity contribution in [3.05, 3.63) is 29.6 Å². The first-order valence-electron chi connectivity index (χ1n) is 7.12. The van der Waals surface area contributed by atoms with Gasteiger partial charge in [-0.1, -0.05) is 6.07 Å². The van der Waals surface area contributed by atoms with Crippen LogP contribution < -0.4 is 10.2 Å². The molecular weight excluding hydrogens is 275 g/mol. The maximum absolute atomic E-state index is 13.8. The fourth-order valence-electron chi connectivity index (χ4n) is 3.32. The monoisotopic (exact) mass is 292 g/mol. The minimum Gasteiger partial charge on any atom is -0.478 e. The molecule has 5 nitrogen and oxygen atoms in total. The quantitative estimate of drug-likeness (QED) is 0.869. The highest BCUT2D eigenvalue weighted by atomic mass is 19.1. The molecule has 1 aromatic rings. The van der Waals surface area contributed by atoms with Crippen LogP contribution in [0.5, 0.6) is 0 Å². The average molecular weight is 292 g/mol. The number of carboxylic acid groups (broad SMARTS) is 1. The molecule has 0 aromatic heterocycles. The number of benzene rings is 1. The predicted octanol–water partition coefficient (Wildman–Crippen LogP) is 1.63. The molecule has 0 radical (unpaired) electrons. The average Bonchev–Trinajstić information content (AvgIpc) is 2.46. The Balaban J connectivity index is 1.85. The Bertz CT molecular complexity index is 590. The van der Waals surface area contributed by atoms with Gasteiger partial charge in [-0.05, 0) is 30.9 Å². The number of rotatable bonds is 2. The van der Waals surface area contributed by atoms with Crippen LogP contribution in [0.25, 0.3) is 0 Å². The number of anilines is 1. The molecule has 21 heavy (non-hydrogen) atoms. The summed E-state index contributed by atoms with van der Waals surface area (Å²) < 4.78 is 13.8. The molecule has 2 saturated heterocycles. The molecule has 0 bridgehead atoms. The smallest absolute Gasteiger partial charge is 0.340 e. The number of hydrogen-bond acceptors (Lipinski definition) is 3. The minimum atomic E-state index is -1.25. The third-order valence-corrected chi connectivity index (χ3v) is 4.37. The molecule has 0 aliphatic carbocycles. The number of carbonyl (C=O) groups is 2. The van der Waals surface area contributed by atoms with Gasteiger partial charge in [-0.15, -0.1) is 0 Å². The molecular formula is C15H17FN2O3. The number of hydrogen-bond donors (Lipinski definition) is 2. The van der Waals surface area contributed by atoms with E-state index in [4.69, 9.17) is 0 Å². The summed E-state index contributed by atoms with van der Waals surface area (Å²) in [6, 6.07) is 4.50. The predicted molar refractivity (Wildman–Crippen MR) is 74.8 cm³/mol. The second-order valence-corrected chi connectivity index (χ2v) is 5.65. The van der Waals surface area contributed by atoms with Crippen molar-refractivity contribution in [1.82, 2.24) is 5.32 Å². The van der Waals surface area contributed by atoms with Gasteiger partial charge in [-0.2, -0.15) is 0 Å². The first-order chi connectivity index (χ1) is 10.1. The number of aromatic carboxylic acids is 1. The third-order valence-electron chi connectivity index (χ3n) is 4.37. The van der Waals surface area contributed by atoms with E-state index in [1.54, 1.807) is 6.07 Å². The molecule has 3 rings (SSSR count). The van der Waals surface area contributed by atoms with Gasteiger partial charge in [0.05, 0.1) is 5.69 Å². The molecule has 112 valence electrons. The molecule has 0 spiro atoms. The normalized spacial score (nSPS) is 25.2. The zero-order valence-electron chi connectivity index (χ0n) is 11.5. The lowest BCUT2D eigenvalue weighted by Crippen LogP contribution is -2.54. The Hall–Kier alpha value is -2.11. The molecule has 2 fully saturated rings. The molecule has 2 N–H and O–H groups in total. The summed E-state index contributed by atoms with van der Waals surface area (Å²) in [5.41, 5.74) is 0.161. The van der Waals surface area contributed by atoms with Crippen molar-refractivity contribution < 1.29 is 19.1 Å². The van der Waals surface area contributed by atoms with Crippen LogP contribution in [0.1, 0.15) is 29.6 Å². The fraction of sp³-hybridized carbons (Fsp3) is 0.467. The van der Waals surface area contributed by atoms with Crippen LogP contribution in [0.3, 0.4) is 0 Å². The molecule has 2 aliphatic rings. The Morgan fingerprint density at radius 1 is 1.38 bits per heavy atom. The van der Waals surface area contributed by atoms with Gasteiger partial charge in [0.25, 0.3) is 0 Å². The van der Waals surface area contributed by atoms with E-state index in [1.165, 1.54) is 12.1 Å². The molecule has 1 aromatic carbocycles. The summed E-state index contributed by atoms with van der Waals surface area (Å²) in [6.07, 6.45) is 2.06. The number of carbonyl (C=O) groups excluding carboxylic acids is 1. The number of nitrogens with one attached hydrogen (secondary N) is 1. The lowest BCUT2D eigenvalue weighted by Gasteiger charge is -2.42. The van der Waals surface area contributed by atoms with Crippen molar-refractivity contribution in [3.63, 3.8) is 0 Å². The maximum Gasteiger partial charge on any atom is 0.340 e. The summed E-state index contributed by atoms with van der Waals surface area (Å²) in [6.45, 7) is 1.26. The van der Waals surface area contributed by atoms with E-state index in [0.717, 1.165) is 12.8 Å². The van der Waals surface area contributed by atoms with Gasteiger partial charge in [-0.3, -0.25) is 4.79 Å². The van der Waals surface area contributed by atoms with E-state index in [2.05, 4.69) is 5.32 Å². The largest absolute Gasteiger partial charge is 0.478 e. The molecule has 2 atom stereocenters. The highest BCUT2D eigenvalue weighted by Gasteiger charge is 2.35. The van der Waals surface area contributed by atoms with E-state index in [0.29, 0.717) is 31.1 Å². The van der Waals surface area contributed by atoms with Crippen LogP contribution in [0, 0.1) is 11.7 Å². The lowest BCUT2D eigenvalue weighted by molar-refractivity contribution is -0.124. The second-order valence-electron chi connectivity index (χ2n) is 5.65. The summed E-state index contributed by atoms with van der Waals surface area (Å²) in [4.78, 5) is 24.6. The minimum absolute atomic E-state index is 0.0849. The molecule has 6 heteroatoms. The van der Waals surface area contributed by atoms with Gasteiger partial charge < -0.3 is 15.3 Å². The van der Waals surface area contributed by atoms with Gasteiger partial charge in [0.15, 0.2) is 0 Å². The zero-order valence-corrected chi connectivity index (χ0v) is 11.5. The van der Waals surface area contributed by atoms with Crippen molar-refractivity contribution in [2.45, 2.75) is 25.3 Å². The zero-order chi connectivity index (χ0) is 15.0. The number of amides is 1. The van der Waals surface area contributed by atoms with Crippen LogP contribution in [0.2, 0.25) is 0 Å². The summed E-state index contributed by atoms with van der Waals surface area (Å²) in [5, 5.41) is 12.2. The Morgan fingerprint density at radius 3 is 2.95 bits per heavy atom. The molecule has 2 unspecified atom stereocenters. The first-order valence-corrected chi connectivity index (χ1v) is 7.12. The van der Waals surface area contributed by atoms with Crippen LogP contribution in [0.4, 0.5) is 10.1 Å². The van der Waals surface area contributed by atoms with Gasteiger partial charge in [0.1, 0.15) is 11.4 Å². The summed E-state index contributed by atoms with van der Waals surface area (Å²) in [5.74, 6) is -1.58. The molecule has 2 heterocycles. The molecule has 1 amide bonds. The van der Waals surface area contributed by atoms with Gasteiger partial charge in [0.2, 0.25) is 5.91 Å². The Morgan fingerprint density at radius 2 is 2.19 bits per heavy atom. The second kappa shape index (κ2) is 5.35. The van der Waals surface area contributed by atoms with Crippen LogP contribution >= 0.6 is 0 Å². The number of halogens is 1. The fourth-order valence-corrected chi connectivity index (χ4v) is 3.32. The Labute approximate surface area is 121 Å².